The van der Waals surface area contributed by atoms with Crippen molar-refractivity contribution in [2.24, 2.45) is 5.92 Å². The third-order valence-electron chi connectivity index (χ3n) is 4.50. The molecule has 0 radical (unpaired) electrons. The number of para-hydroxylation sites is 1. The summed E-state index contributed by atoms with van der Waals surface area (Å²) < 4.78 is 32.7. The van der Waals surface area contributed by atoms with E-state index in [1.165, 1.54) is 18.2 Å². The Balaban J connectivity index is 1.66. The van der Waals surface area contributed by atoms with Crippen molar-refractivity contribution in [1.82, 2.24) is 4.90 Å². The Morgan fingerprint density at radius 1 is 1.21 bits per heavy atom. The molecule has 0 unspecified atom stereocenters. The summed E-state index contributed by atoms with van der Waals surface area (Å²) in [4.78, 5) is 26.7. The molecule has 1 saturated carbocycles. The minimum Gasteiger partial charge on any atom is -0.452 e. The van der Waals surface area contributed by atoms with Crippen LogP contribution in [0.2, 0.25) is 0 Å². The summed E-state index contributed by atoms with van der Waals surface area (Å²) in [6, 6.07) is 9.29. The molecule has 9 heteroatoms. The minimum atomic E-state index is -3.80. The number of nitrogens with zero attached hydrogens (tertiary/aromatic N) is 1. The number of sulfonamides is 1. The van der Waals surface area contributed by atoms with Gasteiger partial charge in [-0.1, -0.05) is 25.1 Å². The average Bonchev–Trinajstić information content (AvgIpc) is 3.33. The zero-order chi connectivity index (χ0) is 20.9. The number of amides is 1. The van der Waals surface area contributed by atoms with Gasteiger partial charge in [-0.15, -0.1) is 11.3 Å². The van der Waals surface area contributed by atoms with Gasteiger partial charge in [0.25, 0.3) is 15.9 Å². The average molecular weight is 437 g/mol. The molecule has 7 nitrogen and oxygen atoms in total. The van der Waals surface area contributed by atoms with Crippen LogP contribution in [0, 0.1) is 5.92 Å². The van der Waals surface area contributed by atoms with Gasteiger partial charge in [-0.05, 0) is 48.8 Å². The molecule has 156 valence electrons. The zero-order valence-corrected chi connectivity index (χ0v) is 17.8. The van der Waals surface area contributed by atoms with Gasteiger partial charge in [0, 0.05) is 13.1 Å². The lowest BCUT2D eigenvalue weighted by atomic mass is 10.2. The molecule has 0 saturated heterocycles. The van der Waals surface area contributed by atoms with Crippen molar-refractivity contribution in [3.8, 4) is 0 Å². The highest BCUT2D eigenvalue weighted by Crippen LogP contribution is 2.30. The molecule has 0 atom stereocenters. The van der Waals surface area contributed by atoms with Crippen LogP contribution < -0.4 is 4.72 Å². The molecular weight excluding hydrogens is 412 g/mol. The third-order valence-corrected chi connectivity index (χ3v) is 7.26. The van der Waals surface area contributed by atoms with Gasteiger partial charge in [-0.2, -0.15) is 0 Å². The van der Waals surface area contributed by atoms with E-state index in [0.717, 1.165) is 30.6 Å². The first-order chi connectivity index (χ1) is 13.9. The number of carbonyl (C=O) groups is 2. The van der Waals surface area contributed by atoms with Crippen LogP contribution in [0.1, 0.15) is 36.5 Å². The highest BCUT2D eigenvalue weighted by atomic mass is 32.2. The topological polar surface area (TPSA) is 92.8 Å². The molecule has 1 heterocycles. The second kappa shape index (κ2) is 9.41. The summed E-state index contributed by atoms with van der Waals surface area (Å²) >= 11 is 1.08. The molecule has 1 aliphatic carbocycles. The number of benzene rings is 1. The van der Waals surface area contributed by atoms with E-state index in [4.69, 9.17) is 4.74 Å². The predicted octanol–water partition coefficient (Wildman–Crippen LogP) is 3.35. The van der Waals surface area contributed by atoms with Crippen LogP contribution in [0.15, 0.2) is 46.0 Å². The van der Waals surface area contributed by atoms with E-state index < -0.39 is 16.0 Å². The van der Waals surface area contributed by atoms with Gasteiger partial charge in [0.1, 0.15) is 4.21 Å². The van der Waals surface area contributed by atoms with Crippen molar-refractivity contribution in [2.45, 2.75) is 30.4 Å². The second-order valence-corrected chi connectivity index (χ2v) is 9.80. The molecule has 0 aliphatic heterocycles. The maximum Gasteiger partial charge on any atom is 0.340 e. The van der Waals surface area contributed by atoms with Crippen LogP contribution in [0.5, 0.6) is 0 Å². The van der Waals surface area contributed by atoms with Crippen LogP contribution in [0.3, 0.4) is 0 Å². The number of anilines is 1. The fraction of sp³-hybridized carbons (Fsp3) is 0.400. The van der Waals surface area contributed by atoms with Gasteiger partial charge in [0.05, 0.1) is 11.3 Å². The summed E-state index contributed by atoms with van der Waals surface area (Å²) in [5.74, 6) is -0.428. The number of esters is 1. The highest BCUT2D eigenvalue weighted by molar-refractivity contribution is 7.94. The normalized spacial score (nSPS) is 13.7. The number of thiophene rings is 1. The van der Waals surface area contributed by atoms with E-state index in [9.17, 15) is 18.0 Å². The van der Waals surface area contributed by atoms with Crippen LogP contribution in [-0.4, -0.2) is 44.9 Å². The van der Waals surface area contributed by atoms with E-state index in [2.05, 4.69) is 4.72 Å². The zero-order valence-electron chi connectivity index (χ0n) is 16.2. The van der Waals surface area contributed by atoms with Gasteiger partial charge in [-0.25, -0.2) is 13.2 Å². The molecule has 3 rings (SSSR count). The Labute approximate surface area is 174 Å². The number of hydrogen-bond acceptors (Lipinski definition) is 6. The van der Waals surface area contributed by atoms with E-state index in [1.807, 2.05) is 6.92 Å². The molecule has 1 aromatic carbocycles. The van der Waals surface area contributed by atoms with Crippen molar-refractivity contribution < 1.29 is 22.7 Å². The fourth-order valence-electron chi connectivity index (χ4n) is 2.86. The van der Waals surface area contributed by atoms with Crippen LogP contribution in [-0.2, 0) is 19.6 Å². The molecule has 2 aromatic rings. The van der Waals surface area contributed by atoms with Crippen LogP contribution >= 0.6 is 11.3 Å². The van der Waals surface area contributed by atoms with Crippen molar-refractivity contribution in [3.63, 3.8) is 0 Å². The van der Waals surface area contributed by atoms with Gasteiger partial charge in [-0.3, -0.25) is 9.52 Å². The second-order valence-electron chi connectivity index (χ2n) is 6.94. The van der Waals surface area contributed by atoms with Crippen molar-refractivity contribution in [1.29, 1.82) is 0 Å². The van der Waals surface area contributed by atoms with Gasteiger partial charge < -0.3 is 9.64 Å². The fourth-order valence-corrected chi connectivity index (χ4v) is 4.93. The molecule has 1 aromatic heterocycles. The first kappa shape index (κ1) is 21.3. The van der Waals surface area contributed by atoms with E-state index in [-0.39, 0.29) is 28.0 Å². The number of ether oxygens (including phenoxy) is 1. The third kappa shape index (κ3) is 5.80. The highest BCUT2D eigenvalue weighted by Gasteiger charge is 2.27. The predicted molar refractivity (Wildman–Crippen MR) is 111 cm³/mol. The van der Waals surface area contributed by atoms with Crippen molar-refractivity contribution in [3.05, 3.63) is 47.3 Å². The molecular formula is C20H24N2O5S2. The minimum absolute atomic E-state index is 0.0599. The quantitative estimate of drug-likeness (QED) is 0.577. The van der Waals surface area contributed by atoms with Crippen LogP contribution in [0.25, 0.3) is 0 Å². The molecule has 1 aliphatic rings. The summed E-state index contributed by atoms with van der Waals surface area (Å²) in [5.41, 5.74) is 0.173. The standard InChI is InChI=1S/C20H24N2O5S2/c1-2-11-22(13-15-9-10-15)18(23)14-27-20(24)16-6-3-4-7-17(16)21-29(25,26)19-8-5-12-28-19/h3-8,12,15,21H,2,9-11,13-14H2,1H3. The van der Waals surface area contributed by atoms with Gasteiger partial charge in [0.15, 0.2) is 6.61 Å². The summed E-state index contributed by atoms with van der Waals surface area (Å²) in [6.07, 6.45) is 3.09. The van der Waals surface area contributed by atoms with E-state index in [0.29, 0.717) is 19.0 Å². The van der Waals surface area contributed by atoms with Crippen molar-refractivity contribution in [2.75, 3.05) is 24.4 Å². The molecule has 0 spiro atoms. The van der Waals surface area contributed by atoms with Crippen molar-refractivity contribution >= 4 is 38.9 Å². The number of rotatable bonds is 10. The molecule has 1 fully saturated rings. The molecule has 29 heavy (non-hydrogen) atoms. The Bertz CT molecular complexity index is 953. The lowest BCUT2D eigenvalue weighted by Crippen LogP contribution is -2.36. The van der Waals surface area contributed by atoms with E-state index >= 15 is 0 Å². The summed E-state index contributed by atoms with van der Waals surface area (Å²) in [6.45, 7) is 2.96. The lowest BCUT2D eigenvalue weighted by Gasteiger charge is -2.22. The Hall–Kier alpha value is -2.39. The molecule has 1 N–H and O–H groups in total. The first-order valence-corrected chi connectivity index (χ1v) is 11.9. The lowest BCUT2D eigenvalue weighted by molar-refractivity contribution is -0.134. The Morgan fingerprint density at radius 3 is 2.62 bits per heavy atom. The smallest absolute Gasteiger partial charge is 0.340 e. The Morgan fingerprint density at radius 2 is 1.97 bits per heavy atom. The molecule has 0 bridgehead atoms. The maximum atomic E-state index is 12.5. The van der Waals surface area contributed by atoms with E-state index in [1.54, 1.807) is 28.5 Å². The molecule has 1 amide bonds. The van der Waals surface area contributed by atoms with Gasteiger partial charge >= 0.3 is 5.97 Å². The number of hydrogen-bond donors (Lipinski definition) is 1. The summed E-state index contributed by atoms with van der Waals surface area (Å²) in [5, 5.41) is 1.66. The monoisotopic (exact) mass is 436 g/mol. The Kier molecular flexibility index (Phi) is 6.92. The maximum absolute atomic E-state index is 12.5. The number of nitrogens with one attached hydrogen (secondary N) is 1. The van der Waals surface area contributed by atoms with Crippen LogP contribution in [0.4, 0.5) is 5.69 Å². The first-order valence-electron chi connectivity index (χ1n) is 9.51. The van der Waals surface area contributed by atoms with Gasteiger partial charge in [0.2, 0.25) is 0 Å². The summed E-state index contributed by atoms with van der Waals surface area (Å²) in [7, 11) is -3.80. The SMILES string of the molecule is CCCN(CC1CC1)C(=O)COC(=O)c1ccccc1NS(=O)(=O)c1cccs1. The number of carbonyl (C=O) groups excluding carboxylic acids is 2. The largest absolute Gasteiger partial charge is 0.452 e.